The van der Waals surface area contributed by atoms with Crippen LogP contribution in [0.15, 0.2) is 6.20 Å². The number of hydrogen-bond acceptors (Lipinski definition) is 5. The van der Waals surface area contributed by atoms with Gasteiger partial charge in [0.25, 0.3) is 0 Å². The molecule has 1 amide bonds. The smallest absolute Gasteiger partial charge is 0.404 e. The number of piperidine rings is 1. The molecule has 1 aromatic rings. The van der Waals surface area contributed by atoms with E-state index in [1.54, 1.807) is 6.20 Å². The number of Topliss-reactive ketones (excluding diaryl/α,β-unsaturated/α-hetero) is 1. The molecule has 0 radical (unpaired) electrons. The van der Waals surface area contributed by atoms with E-state index < -0.39 is 6.09 Å². The molecule has 1 saturated heterocycles. The number of rotatable bonds is 3. The van der Waals surface area contributed by atoms with Crippen molar-refractivity contribution in [3.63, 3.8) is 0 Å². The standard InChI is InChI=1S/C10H13N3O3S/c14-7-1-3-13(4-2-7)9-11-5-8(17-9)6-12-10(15)16/h5,12H,1-4,6H2,(H,15,16). The van der Waals surface area contributed by atoms with Gasteiger partial charge in [-0.25, -0.2) is 9.78 Å². The fourth-order valence-corrected chi connectivity index (χ4v) is 2.54. The van der Waals surface area contributed by atoms with Gasteiger partial charge in [0, 0.05) is 37.0 Å². The van der Waals surface area contributed by atoms with Crippen LogP contribution in [0.1, 0.15) is 17.7 Å². The average molecular weight is 255 g/mol. The minimum atomic E-state index is -1.04. The Hall–Kier alpha value is -1.63. The van der Waals surface area contributed by atoms with E-state index in [1.165, 1.54) is 11.3 Å². The summed E-state index contributed by atoms with van der Waals surface area (Å²) in [5.74, 6) is 0.297. The van der Waals surface area contributed by atoms with Crippen molar-refractivity contribution in [3.05, 3.63) is 11.1 Å². The number of anilines is 1. The van der Waals surface area contributed by atoms with Gasteiger partial charge in [0.15, 0.2) is 5.13 Å². The van der Waals surface area contributed by atoms with Crippen LogP contribution in [-0.2, 0) is 11.3 Å². The van der Waals surface area contributed by atoms with Gasteiger partial charge in [-0.2, -0.15) is 0 Å². The molecule has 1 aliphatic rings. The van der Waals surface area contributed by atoms with E-state index in [0.717, 1.165) is 10.0 Å². The third-order valence-corrected chi connectivity index (χ3v) is 3.60. The molecule has 0 saturated carbocycles. The lowest BCUT2D eigenvalue weighted by Crippen LogP contribution is -2.33. The van der Waals surface area contributed by atoms with E-state index in [9.17, 15) is 9.59 Å². The minimum Gasteiger partial charge on any atom is -0.465 e. The van der Waals surface area contributed by atoms with Crippen LogP contribution in [-0.4, -0.2) is 35.1 Å². The van der Waals surface area contributed by atoms with Crippen molar-refractivity contribution < 1.29 is 14.7 Å². The Kier molecular flexibility index (Phi) is 3.58. The second-order valence-electron chi connectivity index (χ2n) is 3.79. The summed E-state index contributed by atoms with van der Waals surface area (Å²) in [7, 11) is 0. The first-order valence-electron chi connectivity index (χ1n) is 5.33. The molecule has 1 aromatic heterocycles. The summed E-state index contributed by atoms with van der Waals surface area (Å²) in [6.07, 6.45) is 1.78. The summed E-state index contributed by atoms with van der Waals surface area (Å²) in [5.41, 5.74) is 0. The summed E-state index contributed by atoms with van der Waals surface area (Å²) in [6, 6.07) is 0. The van der Waals surface area contributed by atoms with Crippen molar-refractivity contribution in [2.24, 2.45) is 0 Å². The third-order valence-electron chi connectivity index (χ3n) is 2.55. The van der Waals surface area contributed by atoms with Gasteiger partial charge in [-0.1, -0.05) is 0 Å². The maximum atomic E-state index is 11.1. The van der Waals surface area contributed by atoms with E-state index in [4.69, 9.17) is 5.11 Å². The van der Waals surface area contributed by atoms with Crippen molar-refractivity contribution in [2.75, 3.05) is 18.0 Å². The molecular weight excluding hydrogens is 242 g/mol. The first-order chi connectivity index (χ1) is 8.15. The third kappa shape index (κ3) is 3.16. The Morgan fingerprint density at radius 1 is 1.53 bits per heavy atom. The number of carbonyl (C=O) groups excluding carboxylic acids is 1. The maximum Gasteiger partial charge on any atom is 0.404 e. The van der Waals surface area contributed by atoms with Crippen LogP contribution in [0.4, 0.5) is 9.93 Å². The number of aromatic nitrogens is 1. The van der Waals surface area contributed by atoms with Gasteiger partial charge in [0.2, 0.25) is 0 Å². The molecule has 0 spiro atoms. The Morgan fingerprint density at radius 2 is 2.24 bits per heavy atom. The molecule has 0 aromatic carbocycles. The lowest BCUT2D eigenvalue weighted by atomic mass is 10.1. The molecule has 2 N–H and O–H groups in total. The highest BCUT2D eigenvalue weighted by Gasteiger charge is 2.18. The molecule has 0 aliphatic carbocycles. The van der Waals surface area contributed by atoms with E-state index in [1.807, 2.05) is 0 Å². The molecule has 92 valence electrons. The van der Waals surface area contributed by atoms with Crippen LogP contribution in [0, 0.1) is 0 Å². The zero-order chi connectivity index (χ0) is 12.3. The van der Waals surface area contributed by atoms with E-state index in [-0.39, 0.29) is 6.54 Å². The van der Waals surface area contributed by atoms with E-state index >= 15 is 0 Å². The van der Waals surface area contributed by atoms with Crippen molar-refractivity contribution in [1.82, 2.24) is 10.3 Å². The van der Waals surface area contributed by atoms with Crippen LogP contribution in [0.5, 0.6) is 0 Å². The monoisotopic (exact) mass is 255 g/mol. The van der Waals surface area contributed by atoms with Crippen LogP contribution < -0.4 is 10.2 Å². The van der Waals surface area contributed by atoms with Gasteiger partial charge in [-0.15, -0.1) is 11.3 Å². The second-order valence-corrected chi connectivity index (χ2v) is 4.89. The highest BCUT2D eigenvalue weighted by Crippen LogP contribution is 2.24. The average Bonchev–Trinajstić information content (AvgIpc) is 2.76. The molecule has 6 nitrogen and oxygen atoms in total. The molecule has 1 aliphatic heterocycles. The van der Waals surface area contributed by atoms with E-state index in [0.29, 0.717) is 31.7 Å². The number of carboxylic acid groups (broad SMARTS) is 1. The first kappa shape index (κ1) is 11.8. The fraction of sp³-hybridized carbons (Fsp3) is 0.500. The molecule has 0 atom stereocenters. The highest BCUT2D eigenvalue weighted by molar-refractivity contribution is 7.15. The van der Waals surface area contributed by atoms with Crippen LogP contribution >= 0.6 is 11.3 Å². The Labute approximate surface area is 102 Å². The van der Waals surface area contributed by atoms with Crippen LogP contribution in [0.2, 0.25) is 0 Å². The van der Waals surface area contributed by atoms with Gasteiger partial charge in [0.05, 0.1) is 6.54 Å². The minimum absolute atomic E-state index is 0.278. The van der Waals surface area contributed by atoms with Crippen molar-refractivity contribution >= 4 is 28.3 Å². The second kappa shape index (κ2) is 5.13. The van der Waals surface area contributed by atoms with Crippen LogP contribution in [0.3, 0.4) is 0 Å². The summed E-state index contributed by atoms with van der Waals surface area (Å²) in [6.45, 7) is 1.69. The summed E-state index contributed by atoms with van der Waals surface area (Å²) < 4.78 is 0. The lowest BCUT2D eigenvalue weighted by Gasteiger charge is -2.25. The van der Waals surface area contributed by atoms with E-state index in [2.05, 4.69) is 15.2 Å². The zero-order valence-electron chi connectivity index (χ0n) is 9.18. The number of carbonyl (C=O) groups is 2. The molecule has 0 bridgehead atoms. The predicted octanol–water partition coefficient (Wildman–Crippen LogP) is 1.08. The summed E-state index contributed by atoms with van der Waals surface area (Å²) >= 11 is 1.46. The number of nitrogens with one attached hydrogen (secondary N) is 1. The molecule has 1 fully saturated rings. The number of hydrogen-bond donors (Lipinski definition) is 2. The quantitative estimate of drug-likeness (QED) is 0.844. The summed E-state index contributed by atoms with van der Waals surface area (Å²) in [4.78, 5) is 28.6. The Bertz CT molecular complexity index is 422. The fourth-order valence-electron chi connectivity index (χ4n) is 1.64. The zero-order valence-corrected chi connectivity index (χ0v) is 10.00. The normalized spacial score (nSPS) is 16.0. The van der Waals surface area contributed by atoms with Crippen LogP contribution in [0.25, 0.3) is 0 Å². The Morgan fingerprint density at radius 3 is 2.88 bits per heavy atom. The summed E-state index contributed by atoms with van der Waals surface area (Å²) in [5, 5.41) is 11.6. The predicted molar refractivity (Wildman–Crippen MR) is 63.4 cm³/mol. The van der Waals surface area contributed by atoms with Gasteiger partial charge < -0.3 is 15.3 Å². The molecule has 17 heavy (non-hydrogen) atoms. The number of ketones is 1. The van der Waals surface area contributed by atoms with Crippen molar-refractivity contribution in [1.29, 1.82) is 0 Å². The maximum absolute atomic E-state index is 11.1. The van der Waals surface area contributed by atoms with Gasteiger partial charge in [0.1, 0.15) is 5.78 Å². The molecule has 2 heterocycles. The van der Waals surface area contributed by atoms with Crippen molar-refractivity contribution in [2.45, 2.75) is 19.4 Å². The molecular formula is C10H13N3O3S. The molecule has 7 heteroatoms. The van der Waals surface area contributed by atoms with Gasteiger partial charge in [-0.05, 0) is 0 Å². The van der Waals surface area contributed by atoms with Gasteiger partial charge >= 0.3 is 6.09 Å². The Balaban J connectivity index is 1.93. The topological polar surface area (TPSA) is 82.5 Å². The number of thiazole rings is 1. The van der Waals surface area contributed by atoms with Gasteiger partial charge in [-0.3, -0.25) is 4.79 Å². The number of nitrogens with zero attached hydrogens (tertiary/aromatic N) is 2. The largest absolute Gasteiger partial charge is 0.465 e. The molecule has 2 rings (SSSR count). The first-order valence-corrected chi connectivity index (χ1v) is 6.15. The SMILES string of the molecule is O=C1CCN(c2ncc(CNC(=O)O)s2)CC1. The van der Waals surface area contributed by atoms with Crippen molar-refractivity contribution in [3.8, 4) is 0 Å². The lowest BCUT2D eigenvalue weighted by molar-refractivity contribution is -0.119. The molecule has 0 unspecified atom stereocenters. The highest BCUT2D eigenvalue weighted by atomic mass is 32.1. The number of amides is 1.